The molecule has 14 heavy (non-hydrogen) atoms. The Balaban J connectivity index is 2.47. The van der Waals surface area contributed by atoms with Gasteiger partial charge in [0, 0.05) is 24.6 Å². The second-order valence-corrected chi connectivity index (χ2v) is 5.36. The van der Waals surface area contributed by atoms with Crippen molar-refractivity contribution in [2.75, 3.05) is 23.9 Å². The van der Waals surface area contributed by atoms with Gasteiger partial charge in [-0.1, -0.05) is 0 Å². The molecule has 0 bridgehead atoms. The molecule has 0 saturated carbocycles. The number of hydrogen-bond acceptors (Lipinski definition) is 5. The minimum Gasteiger partial charge on any atom is -0.369 e. The molecule has 1 N–H and O–H groups in total. The van der Waals surface area contributed by atoms with Gasteiger partial charge in [0.1, 0.15) is 22.0 Å². The normalized spacial score (nSPS) is 11.3. The Morgan fingerprint density at radius 3 is 2.71 bits per heavy atom. The topological polar surface area (TPSA) is 72.0 Å². The third kappa shape index (κ3) is 4.18. The van der Waals surface area contributed by atoms with Crippen LogP contribution in [0.1, 0.15) is 5.69 Å². The maximum absolute atomic E-state index is 10.8. The fourth-order valence-corrected chi connectivity index (χ4v) is 1.39. The van der Waals surface area contributed by atoms with Crippen LogP contribution in [-0.2, 0) is 9.84 Å². The lowest BCUT2D eigenvalue weighted by Crippen LogP contribution is -2.14. The molecule has 0 amide bonds. The highest BCUT2D eigenvalue weighted by atomic mass is 32.2. The second-order valence-electron chi connectivity index (χ2n) is 3.10. The molecule has 0 spiro atoms. The van der Waals surface area contributed by atoms with Crippen molar-refractivity contribution in [1.82, 2.24) is 9.97 Å². The van der Waals surface area contributed by atoms with Gasteiger partial charge in [-0.05, 0) is 6.92 Å². The van der Waals surface area contributed by atoms with E-state index in [1.54, 1.807) is 6.07 Å². The number of nitrogens with zero attached hydrogens (tertiary/aromatic N) is 2. The van der Waals surface area contributed by atoms with Crippen LogP contribution in [0.5, 0.6) is 0 Å². The molecule has 1 rings (SSSR count). The lowest BCUT2D eigenvalue weighted by atomic mass is 10.4. The van der Waals surface area contributed by atoms with E-state index >= 15 is 0 Å². The van der Waals surface area contributed by atoms with Crippen LogP contribution < -0.4 is 5.32 Å². The lowest BCUT2D eigenvalue weighted by molar-refractivity contribution is 0.602. The average Bonchev–Trinajstić information content (AvgIpc) is 2.01. The highest BCUT2D eigenvalue weighted by Gasteiger charge is 2.01. The fourth-order valence-electron chi connectivity index (χ4n) is 0.916. The van der Waals surface area contributed by atoms with E-state index in [0.717, 1.165) is 5.69 Å². The first-order valence-corrected chi connectivity index (χ1v) is 6.24. The van der Waals surface area contributed by atoms with E-state index in [1.807, 2.05) is 6.92 Å². The van der Waals surface area contributed by atoms with Gasteiger partial charge in [0.05, 0.1) is 5.75 Å². The van der Waals surface area contributed by atoms with Crippen LogP contribution in [0, 0.1) is 6.92 Å². The Bertz CT molecular complexity index is 403. The van der Waals surface area contributed by atoms with Crippen LogP contribution in [0.2, 0.25) is 0 Å². The van der Waals surface area contributed by atoms with Gasteiger partial charge in [-0.3, -0.25) is 0 Å². The van der Waals surface area contributed by atoms with Crippen LogP contribution in [0.3, 0.4) is 0 Å². The molecule has 5 nitrogen and oxygen atoms in total. The summed E-state index contributed by atoms with van der Waals surface area (Å²) < 4.78 is 21.6. The molecule has 0 atom stereocenters. The van der Waals surface area contributed by atoms with Gasteiger partial charge in [-0.25, -0.2) is 18.4 Å². The molecule has 6 heteroatoms. The van der Waals surface area contributed by atoms with Gasteiger partial charge in [-0.2, -0.15) is 0 Å². The Hall–Kier alpha value is -1.17. The Labute approximate surface area is 83.5 Å². The standard InChI is InChI=1S/C8H13N3O2S/c1-7-5-8(11-6-10-7)9-3-4-14(2,12)13/h5-6H,3-4H2,1-2H3,(H,9,10,11). The summed E-state index contributed by atoms with van der Waals surface area (Å²) >= 11 is 0. The minimum absolute atomic E-state index is 0.107. The number of anilines is 1. The number of aryl methyl sites for hydroxylation is 1. The van der Waals surface area contributed by atoms with Crippen molar-refractivity contribution in [1.29, 1.82) is 0 Å². The summed E-state index contributed by atoms with van der Waals surface area (Å²) in [6.07, 6.45) is 2.65. The number of nitrogens with one attached hydrogen (secondary N) is 1. The molecule has 0 radical (unpaired) electrons. The highest BCUT2D eigenvalue weighted by molar-refractivity contribution is 7.90. The fraction of sp³-hybridized carbons (Fsp3) is 0.500. The van der Waals surface area contributed by atoms with E-state index in [-0.39, 0.29) is 5.75 Å². The first-order valence-electron chi connectivity index (χ1n) is 4.17. The summed E-state index contributed by atoms with van der Waals surface area (Å²) in [4.78, 5) is 7.87. The third-order valence-electron chi connectivity index (χ3n) is 1.58. The van der Waals surface area contributed by atoms with Crippen LogP contribution in [0.4, 0.5) is 5.82 Å². The summed E-state index contributed by atoms with van der Waals surface area (Å²) in [5.41, 5.74) is 0.849. The predicted molar refractivity (Wildman–Crippen MR) is 55.0 cm³/mol. The minimum atomic E-state index is -2.91. The van der Waals surface area contributed by atoms with E-state index in [1.165, 1.54) is 12.6 Å². The molecule has 0 saturated heterocycles. The molecule has 0 unspecified atom stereocenters. The van der Waals surface area contributed by atoms with E-state index in [2.05, 4.69) is 15.3 Å². The first-order chi connectivity index (χ1) is 6.47. The van der Waals surface area contributed by atoms with E-state index < -0.39 is 9.84 Å². The summed E-state index contributed by atoms with van der Waals surface area (Å²) in [5, 5.41) is 2.91. The van der Waals surface area contributed by atoms with Crippen LogP contribution >= 0.6 is 0 Å². The van der Waals surface area contributed by atoms with Crippen molar-refractivity contribution >= 4 is 15.7 Å². The zero-order valence-electron chi connectivity index (χ0n) is 8.19. The van der Waals surface area contributed by atoms with Gasteiger partial charge >= 0.3 is 0 Å². The van der Waals surface area contributed by atoms with Crippen molar-refractivity contribution in [3.63, 3.8) is 0 Å². The molecule has 0 fully saturated rings. The summed E-state index contributed by atoms with van der Waals surface area (Å²) in [7, 11) is -2.91. The zero-order chi connectivity index (χ0) is 10.6. The zero-order valence-corrected chi connectivity index (χ0v) is 9.00. The average molecular weight is 215 g/mol. The summed E-state index contributed by atoms with van der Waals surface area (Å²) in [6.45, 7) is 2.22. The quantitative estimate of drug-likeness (QED) is 0.779. The van der Waals surface area contributed by atoms with Crippen molar-refractivity contribution < 1.29 is 8.42 Å². The van der Waals surface area contributed by atoms with Crippen molar-refractivity contribution in [2.45, 2.75) is 6.92 Å². The predicted octanol–water partition coefficient (Wildman–Crippen LogP) is 0.242. The van der Waals surface area contributed by atoms with E-state index in [9.17, 15) is 8.42 Å². The molecular weight excluding hydrogens is 202 g/mol. The van der Waals surface area contributed by atoms with E-state index in [4.69, 9.17) is 0 Å². The number of rotatable bonds is 4. The maximum atomic E-state index is 10.8. The molecule has 0 aliphatic heterocycles. The highest BCUT2D eigenvalue weighted by Crippen LogP contribution is 2.01. The maximum Gasteiger partial charge on any atom is 0.149 e. The molecule has 0 aromatic carbocycles. The molecule has 1 heterocycles. The Morgan fingerprint density at radius 1 is 1.43 bits per heavy atom. The van der Waals surface area contributed by atoms with Gasteiger partial charge in [0.25, 0.3) is 0 Å². The summed E-state index contributed by atoms with van der Waals surface area (Å²) in [6, 6.07) is 1.77. The first kappa shape index (κ1) is 10.9. The smallest absolute Gasteiger partial charge is 0.149 e. The number of sulfone groups is 1. The van der Waals surface area contributed by atoms with Crippen molar-refractivity contribution in [3.05, 3.63) is 18.1 Å². The number of aromatic nitrogens is 2. The van der Waals surface area contributed by atoms with Gasteiger partial charge < -0.3 is 5.32 Å². The van der Waals surface area contributed by atoms with Crippen LogP contribution in [0.15, 0.2) is 12.4 Å². The second kappa shape index (κ2) is 4.36. The Morgan fingerprint density at radius 2 is 2.14 bits per heavy atom. The van der Waals surface area contributed by atoms with Crippen molar-refractivity contribution in [3.8, 4) is 0 Å². The molecule has 78 valence electrons. The van der Waals surface area contributed by atoms with Gasteiger partial charge in [-0.15, -0.1) is 0 Å². The molecule has 0 aliphatic rings. The largest absolute Gasteiger partial charge is 0.369 e. The van der Waals surface area contributed by atoms with Crippen LogP contribution in [0.25, 0.3) is 0 Å². The monoisotopic (exact) mass is 215 g/mol. The summed E-state index contributed by atoms with van der Waals surface area (Å²) in [5.74, 6) is 0.761. The third-order valence-corrected chi connectivity index (χ3v) is 2.53. The van der Waals surface area contributed by atoms with Crippen molar-refractivity contribution in [2.24, 2.45) is 0 Å². The number of hydrogen-bond donors (Lipinski definition) is 1. The van der Waals surface area contributed by atoms with E-state index in [0.29, 0.717) is 12.4 Å². The van der Waals surface area contributed by atoms with Crippen LogP contribution in [-0.4, -0.2) is 36.9 Å². The SMILES string of the molecule is Cc1cc(NCCS(C)(=O)=O)ncn1. The molecule has 1 aromatic heterocycles. The van der Waals surface area contributed by atoms with Gasteiger partial charge in [0.15, 0.2) is 0 Å². The molecular formula is C8H13N3O2S. The molecule has 0 aliphatic carbocycles. The molecule has 1 aromatic rings. The lowest BCUT2D eigenvalue weighted by Gasteiger charge is -2.03. The van der Waals surface area contributed by atoms with Gasteiger partial charge in [0.2, 0.25) is 0 Å². The Kier molecular flexibility index (Phi) is 3.40.